The number of aromatic amines is 1. The van der Waals surface area contributed by atoms with E-state index in [1.54, 1.807) is 10.4 Å². The van der Waals surface area contributed by atoms with Crippen LogP contribution in [-0.2, 0) is 16.4 Å². The molecule has 8 nitrogen and oxygen atoms in total. The minimum atomic E-state index is -3.71. The number of piperidine rings is 2. The highest BCUT2D eigenvalue weighted by Gasteiger charge is 2.31. The van der Waals surface area contributed by atoms with Gasteiger partial charge >= 0.3 is 0 Å². The van der Waals surface area contributed by atoms with E-state index in [1.165, 1.54) is 23.8 Å². The van der Waals surface area contributed by atoms with Crippen LogP contribution >= 0.6 is 0 Å². The van der Waals surface area contributed by atoms with E-state index in [2.05, 4.69) is 39.5 Å². The van der Waals surface area contributed by atoms with Crippen molar-refractivity contribution < 1.29 is 13.2 Å². The molecule has 2 saturated heterocycles. The smallest absolute Gasteiger partial charge is 0.252 e. The normalized spacial score (nSPS) is 19.8. The van der Waals surface area contributed by atoms with Crippen LogP contribution in [-0.4, -0.2) is 67.3 Å². The molecule has 2 fully saturated rings. The molecule has 3 heterocycles. The Kier molecular flexibility index (Phi) is 8.49. The summed E-state index contributed by atoms with van der Waals surface area (Å²) in [6.07, 6.45) is 6.06. The molecule has 2 aliphatic rings. The van der Waals surface area contributed by atoms with Crippen molar-refractivity contribution in [3.63, 3.8) is 0 Å². The minimum absolute atomic E-state index is 0.0683. The summed E-state index contributed by atoms with van der Waals surface area (Å²) in [5.41, 5.74) is 1.63. The number of pyridine rings is 1. The topological polar surface area (TPSA) is 103 Å². The number of hydrogen-bond acceptors (Lipinski definition) is 5. The van der Waals surface area contributed by atoms with E-state index in [1.807, 2.05) is 13.0 Å². The summed E-state index contributed by atoms with van der Waals surface area (Å²) in [7, 11) is -3.71. The molecule has 0 saturated carbocycles. The van der Waals surface area contributed by atoms with Gasteiger partial charge in [-0.3, -0.25) is 9.59 Å². The van der Waals surface area contributed by atoms with Gasteiger partial charge in [0.1, 0.15) is 0 Å². The van der Waals surface area contributed by atoms with Gasteiger partial charge in [-0.2, -0.15) is 4.31 Å². The second-order valence-corrected chi connectivity index (χ2v) is 12.8. The molecule has 9 heteroatoms. The Morgan fingerprint density at radius 3 is 2.51 bits per heavy atom. The van der Waals surface area contributed by atoms with Crippen molar-refractivity contribution in [3.05, 3.63) is 76.1 Å². The molecule has 2 N–H and O–H groups in total. The Hall–Kier alpha value is -3.01. The quantitative estimate of drug-likeness (QED) is 0.445. The van der Waals surface area contributed by atoms with Crippen LogP contribution in [0.4, 0.5) is 0 Å². The Labute approximate surface area is 230 Å². The molecule has 5 rings (SSSR count). The Bertz CT molecular complexity index is 1460. The SMILES string of the molecule is CC1CCCCN1S(=O)(=O)c1ccc2[nH]c(=O)cc(C(=O)NCCN3CCC(Cc4ccccc4)CC3)c2c1. The average Bonchev–Trinajstić information content (AvgIpc) is 2.94. The number of likely N-dealkylation sites (tertiary alicyclic amines) is 1. The zero-order chi connectivity index (χ0) is 27.4. The van der Waals surface area contributed by atoms with Crippen LogP contribution in [0.25, 0.3) is 10.9 Å². The fraction of sp³-hybridized carbons (Fsp3) is 0.467. The number of hydrogen-bond donors (Lipinski definition) is 2. The van der Waals surface area contributed by atoms with E-state index in [0.29, 0.717) is 29.9 Å². The van der Waals surface area contributed by atoms with Crippen LogP contribution in [0.5, 0.6) is 0 Å². The van der Waals surface area contributed by atoms with Crippen LogP contribution in [0.1, 0.15) is 54.9 Å². The van der Waals surface area contributed by atoms with Crippen LogP contribution in [0, 0.1) is 5.92 Å². The highest BCUT2D eigenvalue weighted by Crippen LogP contribution is 2.28. The number of carbonyl (C=O) groups is 1. The van der Waals surface area contributed by atoms with Crippen LogP contribution in [0.2, 0.25) is 0 Å². The molecule has 2 aliphatic heterocycles. The summed E-state index contributed by atoms with van der Waals surface area (Å²) in [6.45, 7) is 5.61. The summed E-state index contributed by atoms with van der Waals surface area (Å²) in [5.74, 6) is 0.310. The second-order valence-electron chi connectivity index (χ2n) is 10.9. The van der Waals surface area contributed by atoms with Gasteiger partial charge in [0, 0.05) is 42.6 Å². The third-order valence-electron chi connectivity index (χ3n) is 8.20. The number of aromatic nitrogens is 1. The van der Waals surface area contributed by atoms with E-state index < -0.39 is 15.6 Å². The van der Waals surface area contributed by atoms with Gasteiger partial charge < -0.3 is 15.2 Å². The molecule has 1 amide bonds. The van der Waals surface area contributed by atoms with Crippen LogP contribution in [0.15, 0.2) is 64.3 Å². The average molecular weight is 551 g/mol. The third kappa shape index (κ3) is 6.42. The predicted octanol–water partition coefficient (Wildman–Crippen LogP) is 3.78. The maximum absolute atomic E-state index is 13.4. The molecule has 1 unspecified atom stereocenters. The van der Waals surface area contributed by atoms with E-state index in [9.17, 15) is 18.0 Å². The van der Waals surface area contributed by atoms with Crippen molar-refractivity contribution in [2.75, 3.05) is 32.7 Å². The lowest BCUT2D eigenvalue weighted by Crippen LogP contribution is -2.41. The highest BCUT2D eigenvalue weighted by atomic mass is 32.2. The lowest BCUT2D eigenvalue weighted by molar-refractivity contribution is 0.0945. The number of H-pyrrole nitrogens is 1. The van der Waals surface area contributed by atoms with Crippen LogP contribution in [0.3, 0.4) is 0 Å². The molecule has 3 aromatic rings. The number of nitrogens with one attached hydrogen (secondary N) is 2. The summed E-state index contributed by atoms with van der Waals surface area (Å²) in [5, 5.41) is 3.38. The van der Waals surface area contributed by atoms with Gasteiger partial charge in [-0.05, 0) is 81.8 Å². The minimum Gasteiger partial charge on any atom is -0.351 e. The highest BCUT2D eigenvalue weighted by molar-refractivity contribution is 7.89. The van der Waals surface area contributed by atoms with Crippen molar-refractivity contribution in [1.29, 1.82) is 0 Å². The molecule has 208 valence electrons. The van der Waals surface area contributed by atoms with Crippen molar-refractivity contribution >= 4 is 26.8 Å². The number of amides is 1. The van der Waals surface area contributed by atoms with E-state index in [-0.39, 0.29) is 22.4 Å². The van der Waals surface area contributed by atoms with Gasteiger partial charge in [0.25, 0.3) is 5.91 Å². The zero-order valence-electron chi connectivity index (χ0n) is 22.6. The summed E-state index contributed by atoms with van der Waals surface area (Å²) in [4.78, 5) is 30.7. The molecule has 1 aromatic heterocycles. The zero-order valence-corrected chi connectivity index (χ0v) is 23.4. The van der Waals surface area contributed by atoms with Gasteiger partial charge in [-0.25, -0.2) is 8.42 Å². The van der Waals surface area contributed by atoms with Crippen molar-refractivity contribution in [2.45, 2.75) is 56.4 Å². The predicted molar refractivity (Wildman–Crippen MR) is 153 cm³/mol. The Morgan fingerprint density at radius 1 is 1.00 bits per heavy atom. The second kappa shape index (κ2) is 12.0. The number of carbonyl (C=O) groups excluding carboxylic acids is 1. The first-order chi connectivity index (χ1) is 18.8. The van der Waals surface area contributed by atoms with Gasteiger partial charge in [-0.1, -0.05) is 36.8 Å². The van der Waals surface area contributed by atoms with Crippen molar-refractivity contribution in [3.8, 4) is 0 Å². The molecule has 39 heavy (non-hydrogen) atoms. The standard InChI is InChI=1S/C30H38N4O4S/c1-22-7-5-6-15-34(22)39(37,38)25-10-11-28-26(20-25)27(21-29(35)32-28)30(36)31-14-18-33-16-12-24(13-17-33)19-23-8-3-2-4-9-23/h2-4,8-11,20-22,24H,5-7,12-19H2,1H3,(H,31,36)(H,32,35). The Morgan fingerprint density at radius 2 is 1.77 bits per heavy atom. The first kappa shape index (κ1) is 27.6. The lowest BCUT2D eigenvalue weighted by Gasteiger charge is -2.32. The van der Waals surface area contributed by atoms with Crippen molar-refractivity contribution in [2.24, 2.45) is 5.92 Å². The summed E-state index contributed by atoms with van der Waals surface area (Å²) >= 11 is 0. The van der Waals surface area contributed by atoms with Gasteiger partial charge in [0.2, 0.25) is 15.6 Å². The van der Waals surface area contributed by atoms with Crippen LogP contribution < -0.4 is 10.9 Å². The molecule has 1 atom stereocenters. The fourth-order valence-electron chi connectivity index (χ4n) is 5.93. The maximum Gasteiger partial charge on any atom is 0.252 e. The van der Waals surface area contributed by atoms with Crippen molar-refractivity contribution in [1.82, 2.24) is 19.5 Å². The summed E-state index contributed by atoms with van der Waals surface area (Å²) < 4.78 is 28.4. The molecular weight excluding hydrogens is 512 g/mol. The molecule has 0 spiro atoms. The Balaban J connectivity index is 1.23. The number of rotatable bonds is 8. The first-order valence-corrected chi connectivity index (χ1v) is 15.5. The third-order valence-corrected chi connectivity index (χ3v) is 10.2. The molecule has 0 bridgehead atoms. The number of nitrogens with zero attached hydrogens (tertiary/aromatic N) is 2. The number of sulfonamides is 1. The van der Waals surface area contributed by atoms with E-state index >= 15 is 0 Å². The number of fused-ring (bicyclic) bond motifs is 1. The molecular formula is C30H38N4O4S. The fourth-order valence-corrected chi connectivity index (χ4v) is 7.66. The van der Waals surface area contributed by atoms with Gasteiger partial charge in [-0.15, -0.1) is 0 Å². The largest absolute Gasteiger partial charge is 0.351 e. The maximum atomic E-state index is 13.4. The first-order valence-electron chi connectivity index (χ1n) is 14.0. The number of benzene rings is 2. The molecule has 0 radical (unpaired) electrons. The summed E-state index contributed by atoms with van der Waals surface area (Å²) in [6, 6.07) is 16.4. The monoisotopic (exact) mass is 550 g/mol. The molecule has 2 aromatic carbocycles. The lowest BCUT2D eigenvalue weighted by atomic mass is 9.90. The van der Waals surface area contributed by atoms with Gasteiger partial charge in [0.15, 0.2) is 0 Å². The van der Waals surface area contributed by atoms with E-state index in [4.69, 9.17) is 0 Å². The van der Waals surface area contributed by atoms with E-state index in [0.717, 1.165) is 58.2 Å². The van der Waals surface area contributed by atoms with Gasteiger partial charge in [0.05, 0.1) is 10.5 Å². The molecule has 0 aliphatic carbocycles.